The second-order valence-corrected chi connectivity index (χ2v) is 1.95. The van der Waals surface area contributed by atoms with Crippen molar-refractivity contribution in [2.45, 2.75) is 0 Å². The highest BCUT2D eigenvalue weighted by Gasteiger charge is 1.84. The Morgan fingerprint density at radius 2 is 1.90 bits per heavy atom. The monoisotopic (exact) mass is 163 g/mol. The summed E-state index contributed by atoms with van der Waals surface area (Å²) in [6, 6.07) is 1.69. The molecule has 0 bridgehead atoms. The normalized spacial score (nSPS) is 7.40. The topological polar surface area (TPSA) is 59.3 Å². The zero-order valence-electron chi connectivity index (χ0n) is 5.86. The van der Waals surface area contributed by atoms with Crippen molar-refractivity contribution >= 4 is 11.4 Å². The minimum atomic E-state index is -1.53. The maximum absolute atomic E-state index is 9.85. The Morgan fingerprint density at radius 1 is 1.60 bits per heavy atom. The fraction of sp³-hybridized carbons (Fsp3) is 0.400. The van der Waals surface area contributed by atoms with Gasteiger partial charge in [0.1, 0.15) is 0 Å². The number of hydrogen-bond acceptors (Lipinski definition) is 4. The molecule has 0 saturated carbocycles. The lowest BCUT2D eigenvalue weighted by molar-refractivity contribution is 0.334. The fourth-order valence-corrected chi connectivity index (χ4v) is 0.204. The summed E-state index contributed by atoms with van der Waals surface area (Å²) in [6.45, 7) is 3.12. The van der Waals surface area contributed by atoms with Crippen molar-refractivity contribution in [1.29, 1.82) is 5.26 Å². The first-order valence-electron chi connectivity index (χ1n) is 2.24. The van der Waals surface area contributed by atoms with Crippen molar-refractivity contribution in [2.75, 3.05) is 14.2 Å². The molecule has 0 aliphatic heterocycles. The van der Waals surface area contributed by atoms with Crippen molar-refractivity contribution < 1.29 is 12.6 Å². The van der Waals surface area contributed by atoms with Crippen LogP contribution >= 0.6 is 0 Å². The van der Waals surface area contributed by atoms with Gasteiger partial charge in [-0.1, -0.05) is 6.58 Å². The van der Waals surface area contributed by atoms with Crippen LogP contribution in [0.2, 0.25) is 0 Å². The van der Waals surface area contributed by atoms with E-state index < -0.39 is 11.4 Å². The van der Waals surface area contributed by atoms with Crippen molar-refractivity contribution in [3.05, 3.63) is 12.7 Å². The molecular weight excluding hydrogens is 154 g/mol. The molecule has 0 aliphatic carbocycles. The van der Waals surface area contributed by atoms with Gasteiger partial charge in [0.05, 0.1) is 20.3 Å². The number of rotatable bonds is 2. The predicted octanol–water partition coefficient (Wildman–Crippen LogP) is 0.554. The largest absolute Gasteiger partial charge is 0.304 e. The Labute approximate surface area is 62.9 Å². The highest BCUT2D eigenvalue weighted by Crippen LogP contribution is 1.76. The third-order valence-corrected chi connectivity index (χ3v) is 0.908. The van der Waals surface area contributed by atoms with Crippen LogP contribution in [-0.4, -0.2) is 18.4 Å². The van der Waals surface area contributed by atoms with Crippen LogP contribution in [0.3, 0.4) is 0 Å². The van der Waals surface area contributed by atoms with E-state index >= 15 is 0 Å². The van der Waals surface area contributed by atoms with Crippen LogP contribution in [0.4, 0.5) is 0 Å². The molecule has 0 aliphatic rings. The Hall–Kier alpha value is -0.700. The summed E-state index contributed by atoms with van der Waals surface area (Å²) in [5.41, 5.74) is 0. The van der Waals surface area contributed by atoms with Crippen LogP contribution < -0.4 is 0 Å². The highest BCUT2D eigenvalue weighted by molar-refractivity contribution is 7.75. The molecule has 4 nitrogen and oxygen atoms in total. The molecular formula is C5H9NO3S. The lowest BCUT2D eigenvalue weighted by Gasteiger charge is -1.86. The van der Waals surface area contributed by atoms with Gasteiger partial charge in [-0.05, 0) is 0 Å². The summed E-state index contributed by atoms with van der Waals surface area (Å²) in [5.74, 6) is 0. The molecule has 0 atom stereocenters. The standard InChI is InChI=1S/C3H3N.C2H6O3S/c1-2-3-4;1-4-6(3)5-2/h2H,1H2;1-2H3. The molecule has 0 aromatic heterocycles. The smallest absolute Gasteiger partial charge is 0.272 e. The van der Waals surface area contributed by atoms with E-state index in [4.69, 9.17) is 5.26 Å². The Morgan fingerprint density at radius 3 is 1.90 bits per heavy atom. The maximum atomic E-state index is 9.85. The van der Waals surface area contributed by atoms with Crippen LogP contribution in [0.15, 0.2) is 12.7 Å². The van der Waals surface area contributed by atoms with Crippen molar-refractivity contribution in [2.24, 2.45) is 0 Å². The van der Waals surface area contributed by atoms with Gasteiger partial charge in [0.15, 0.2) is 0 Å². The van der Waals surface area contributed by atoms with Gasteiger partial charge in [0, 0.05) is 6.08 Å². The second kappa shape index (κ2) is 11.1. The lowest BCUT2D eigenvalue weighted by atomic mass is 10.8. The van der Waals surface area contributed by atoms with Gasteiger partial charge in [-0.15, -0.1) is 0 Å². The molecule has 5 heteroatoms. The third kappa shape index (κ3) is 15.7. The number of hydrogen-bond donors (Lipinski definition) is 0. The summed E-state index contributed by atoms with van der Waals surface area (Å²) in [4.78, 5) is 0. The van der Waals surface area contributed by atoms with Crippen LogP contribution in [0.25, 0.3) is 0 Å². The molecule has 58 valence electrons. The molecule has 0 radical (unpaired) electrons. The van der Waals surface area contributed by atoms with Crippen LogP contribution in [-0.2, 0) is 19.7 Å². The Bertz CT molecular complexity index is 134. The van der Waals surface area contributed by atoms with Crippen LogP contribution in [0, 0.1) is 11.3 Å². The Kier molecular flexibility index (Phi) is 13.4. The lowest BCUT2D eigenvalue weighted by Crippen LogP contribution is -1.91. The maximum Gasteiger partial charge on any atom is 0.304 e. The molecule has 0 amide bonds. The first kappa shape index (κ1) is 12.0. The summed E-state index contributed by atoms with van der Waals surface area (Å²) in [6.07, 6.45) is 1.18. The van der Waals surface area contributed by atoms with E-state index in [1.165, 1.54) is 20.3 Å². The van der Waals surface area contributed by atoms with E-state index in [-0.39, 0.29) is 0 Å². The summed E-state index contributed by atoms with van der Waals surface area (Å²) >= 11 is -1.53. The number of allylic oxidation sites excluding steroid dienone is 1. The van der Waals surface area contributed by atoms with Gasteiger partial charge < -0.3 is 0 Å². The molecule has 0 unspecified atom stereocenters. The predicted molar refractivity (Wildman–Crippen MR) is 38.0 cm³/mol. The molecule has 0 spiro atoms. The van der Waals surface area contributed by atoms with E-state index in [1.54, 1.807) is 6.07 Å². The van der Waals surface area contributed by atoms with Crippen molar-refractivity contribution in [3.8, 4) is 6.07 Å². The molecule has 0 fully saturated rings. The zero-order chi connectivity index (χ0) is 8.41. The molecule has 10 heavy (non-hydrogen) atoms. The van der Waals surface area contributed by atoms with E-state index in [0.29, 0.717) is 0 Å². The quantitative estimate of drug-likeness (QED) is 0.558. The SMILES string of the molecule is C=CC#N.COS(=O)OC. The molecule has 0 saturated heterocycles. The van der Waals surface area contributed by atoms with Crippen molar-refractivity contribution in [3.63, 3.8) is 0 Å². The average Bonchev–Trinajstić information content (AvgIpc) is 2.03. The van der Waals surface area contributed by atoms with Crippen LogP contribution in [0.5, 0.6) is 0 Å². The van der Waals surface area contributed by atoms with Gasteiger partial charge in [-0.25, -0.2) is 0 Å². The molecule has 0 rings (SSSR count). The van der Waals surface area contributed by atoms with E-state index in [9.17, 15) is 4.21 Å². The second-order valence-electron chi connectivity index (χ2n) is 0.871. The van der Waals surface area contributed by atoms with Gasteiger partial charge >= 0.3 is 11.4 Å². The average molecular weight is 163 g/mol. The first-order valence-corrected chi connectivity index (χ1v) is 3.24. The summed E-state index contributed by atoms with van der Waals surface area (Å²) in [7, 11) is 2.61. The van der Waals surface area contributed by atoms with Gasteiger partial charge in [0.2, 0.25) is 0 Å². The zero-order valence-corrected chi connectivity index (χ0v) is 6.68. The fourth-order valence-electron chi connectivity index (χ4n) is 0.0680. The molecule has 0 aromatic rings. The highest BCUT2D eigenvalue weighted by atomic mass is 32.2. The third-order valence-electron chi connectivity index (χ3n) is 0.363. The molecule has 0 N–H and O–H groups in total. The van der Waals surface area contributed by atoms with E-state index in [2.05, 4.69) is 14.9 Å². The number of nitriles is 1. The van der Waals surface area contributed by atoms with E-state index in [0.717, 1.165) is 0 Å². The minimum Gasteiger partial charge on any atom is -0.272 e. The van der Waals surface area contributed by atoms with E-state index in [1.807, 2.05) is 0 Å². The van der Waals surface area contributed by atoms with Crippen molar-refractivity contribution in [1.82, 2.24) is 0 Å². The van der Waals surface area contributed by atoms with Gasteiger partial charge in [-0.2, -0.15) is 9.47 Å². The molecule has 0 aromatic carbocycles. The van der Waals surface area contributed by atoms with Crippen LogP contribution in [0.1, 0.15) is 0 Å². The summed E-state index contributed by atoms with van der Waals surface area (Å²) in [5, 5.41) is 7.51. The number of nitrogens with zero attached hydrogens (tertiary/aromatic N) is 1. The van der Waals surface area contributed by atoms with Gasteiger partial charge in [-0.3, -0.25) is 8.37 Å². The van der Waals surface area contributed by atoms with Gasteiger partial charge in [0.25, 0.3) is 0 Å². The first-order chi connectivity index (χ1) is 4.72. The molecule has 0 heterocycles. The Balaban J connectivity index is 0. The summed E-state index contributed by atoms with van der Waals surface area (Å²) < 4.78 is 18.1. The minimum absolute atomic E-state index is 1.18.